The highest BCUT2D eigenvalue weighted by molar-refractivity contribution is 14.1. The topological polar surface area (TPSA) is 29.1 Å². The van der Waals surface area contributed by atoms with E-state index in [1.54, 1.807) is 12.1 Å². The summed E-state index contributed by atoms with van der Waals surface area (Å²) in [6, 6.07) is 10.9. The molecule has 2 rings (SSSR count). The molecule has 0 spiro atoms. The molecule has 2 nitrogen and oxygen atoms in total. The molecule has 1 amide bonds. The number of nitrogens with one attached hydrogen (secondary N) is 1. The van der Waals surface area contributed by atoms with E-state index < -0.39 is 0 Å². The van der Waals surface area contributed by atoms with E-state index in [2.05, 4.69) is 59.8 Å². The molecule has 0 radical (unpaired) electrons. The fourth-order valence-electron chi connectivity index (χ4n) is 1.46. The zero-order valence-corrected chi connectivity index (χ0v) is 15.5. The van der Waals surface area contributed by atoms with Crippen molar-refractivity contribution in [3.05, 3.63) is 59.5 Å². The Balaban J connectivity index is 2.28. The van der Waals surface area contributed by atoms with Crippen LogP contribution in [0.3, 0.4) is 0 Å². The van der Waals surface area contributed by atoms with Crippen molar-refractivity contribution in [1.29, 1.82) is 0 Å². The second-order valence-corrected chi connectivity index (χ2v) is 7.13. The van der Waals surface area contributed by atoms with E-state index in [1.165, 1.54) is 0 Å². The predicted molar refractivity (Wildman–Crippen MR) is 94.0 cm³/mol. The molecule has 0 heterocycles. The van der Waals surface area contributed by atoms with E-state index in [1.807, 2.05) is 24.3 Å². The summed E-state index contributed by atoms with van der Waals surface area (Å²) >= 11 is 14.9. The van der Waals surface area contributed by atoms with Gasteiger partial charge in [0.2, 0.25) is 0 Å². The van der Waals surface area contributed by atoms with Crippen LogP contribution in [0.15, 0.2) is 45.3 Å². The third-order valence-corrected chi connectivity index (χ3v) is 4.50. The summed E-state index contributed by atoms with van der Waals surface area (Å²) in [5, 5.41) is 3.32. The van der Waals surface area contributed by atoms with Crippen LogP contribution in [0.1, 0.15) is 10.4 Å². The Morgan fingerprint density at radius 1 is 1.16 bits per heavy atom. The molecule has 0 atom stereocenters. The van der Waals surface area contributed by atoms with E-state index >= 15 is 0 Å². The van der Waals surface area contributed by atoms with E-state index in [9.17, 15) is 4.79 Å². The van der Waals surface area contributed by atoms with Crippen molar-refractivity contribution in [2.75, 3.05) is 5.32 Å². The second-order valence-electron chi connectivity index (χ2n) is 3.70. The first-order valence-corrected chi connectivity index (χ1v) is 8.23. The smallest absolute Gasteiger partial charge is 0.256 e. The Hall–Kier alpha value is -0.110. The minimum atomic E-state index is -0.205. The van der Waals surface area contributed by atoms with Crippen LogP contribution in [0.4, 0.5) is 5.69 Å². The predicted octanol–water partition coefficient (Wildman–Crippen LogP) is 5.72. The monoisotopic (exact) mass is 513 g/mol. The number of carbonyl (C=O) groups is 1. The Morgan fingerprint density at radius 2 is 1.89 bits per heavy atom. The first-order chi connectivity index (χ1) is 8.97. The average Bonchev–Trinajstić information content (AvgIpc) is 2.33. The maximum Gasteiger partial charge on any atom is 0.256 e. The number of benzene rings is 2. The number of anilines is 1. The number of rotatable bonds is 2. The lowest BCUT2D eigenvalue weighted by Crippen LogP contribution is -2.13. The van der Waals surface area contributed by atoms with E-state index in [4.69, 9.17) is 11.6 Å². The minimum absolute atomic E-state index is 0.205. The van der Waals surface area contributed by atoms with Crippen molar-refractivity contribution in [2.45, 2.75) is 0 Å². The summed E-state index contributed by atoms with van der Waals surface area (Å²) in [4.78, 5) is 12.2. The molecule has 1 N–H and O–H groups in total. The standard InChI is InChI=1S/C13H7Br2ClINO/c14-7-1-3-9(10(15)5-7)13(19)18-12-6-8(17)2-4-11(12)16/h1-6H,(H,18,19). The van der Waals surface area contributed by atoms with Gasteiger partial charge in [0.05, 0.1) is 16.3 Å². The lowest BCUT2D eigenvalue weighted by molar-refractivity contribution is 0.102. The maximum atomic E-state index is 12.2. The molecule has 0 aliphatic heterocycles. The van der Waals surface area contributed by atoms with Gasteiger partial charge >= 0.3 is 0 Å². The number of halogens is 4. The van der Waals surface area contributed by atoms with E-state index in [0.717, 1.165) is 12.5 Å². The van der Waals surface area contributed by atoms with Gasteiger partial charge in [0.25, 0.3) is 5.91 Å². The minimum Gasteiger partial charge on any atom is -0.321 e. The quantitative estimate of drug-likeness (QED) is 0.510. The summed E-state index contributed by atoms with van der Waals surface area (Å²) in [6.45, 7) is 0. The molecule has 0 aliphatic carbocycles. The highest BCUT2D eigenvalue weighted by Crippen LogP contribution is 2.26. The molecule has 0 unspecified atom stereocenters. The lowest BCUT2D eigenvalue weighted by atomic mass is 10.2. The van der Waals surface area contributed by atoms with Crippen molar-refractivity contribution in [3.8, 4) is 0 Å². The molecule has 0 saturated carbocycles. The van der Waals surface area contributed by atoms with E-state index in [0.29, 0.717) is 16.3 Å². The van der Waals surface area contributed by atoms with Crippen molar-refractivity contribution >= 4 is 77.6 Å². The summed E-state index contributed by atoms with van der Waals surface area (Å²) in [5.74, 6) is -0.205. The van der Waals surface area contributed by atoms with Gasteiger partial charge in [0, 0.05) is 12.5 Å². The van der Waals surface area contributed by atoms with Gasteiger partial charge in [0.15, 0.2) is 0 Å². The molecule has 19 heavy (non-hydrogen) atoms. The van der Waals surface area contributed by atoms with Gasteiger partial charge in [-0.05, 0) is 74.9 Å². The van der Waals surface area contributed by atoms with Gasteiger partial charge in [-0.2, -0.15) is 0 Å². The molecule has 0 aromatic heterocycles. The number of amides is 1. The second kappa shape index (κ2) is 6.56. The first kappa shape index (κ1) is 15.3. The zero-order valence-electron chi connectivity index (χ0n) is 9.38. The van der Waals surface area contributed by atoms with Gasteiger partial charge in [-0.15, -0.1) is 0 Å². The third kappa shape index (κ3) is 3.93. The lowest BCUT2D eigenvalue weighted by Gasteiger charge is -2.09. The first-order valence-electron chi connectivity index (χ1n) is 5.19. The maximum absolute atomic E-state index is 12.2. The highest BCUT2D eigenvalue weighted by Gasteiger charge is 2.12. The van der Waals surface area contributed by atoms with Gasteiger partial charge in [-0.1, -0.05) is 27.5 Å². The van der Waals surface area contributed by atoms with Crippen molar-refractivity contribution < 1.29 is 4.79 Å². The number of carbonyl (C=O) groups excluding carboxylic acids is 1. The molecule has 0 saturated heterocycles. The van der Waals surface area contributed by atoms with Crippen LogP contribution < -0.4 is 5.32 Å². The molecule has 2 aromatic rings. The van der Waals surface area contributed by atoms with Crippen LogP contribution in [0.2, 0.25) is 5.02 Å². The highest BCUT2D eigenvalue weighted by atomic mass is 127. The van der Waals surface area contributed by atoms with Gasteiger partial charge < -0.3 is 5.32 Å². The molecule has 98 valence electrons. The van der Waals surface area contributed by atoms with Gasteiger partial charge in [-0.3, -0.25) is 4.79 Å². The number of hydrogen-bond acceptors (Lipinski definition) is 1. The van der Waals surface area contributed by atoms with Crippen LogP contribution in [0.25, 0.3) is 0 Å². The van der Waals surface area contributed by atoms with Crippen LogP contribution in [0, 0.1) is 3.57 Å². The Labute approximate surface area is 146 Å². The molecular formula is C13H7Br2ClINO. The molecule has 0 fully saturated rings. The Kier molecular flexibility index (Phi) is 5.28. The molecule has 0 aliphatic rings. The molecular weight excluding hydrogens is 508 g/mol. The van der Waals surface area contributed by atoms with Crippen molar-refractivity contribution in [2.24, 2.45) is 0 Å². The summed E-state index contributed by atoms with van der Waals surface area (Å²) < 4.78 is 2.64. The fourth-order valence-corrected chi connectivity index (χ4v) is 3.34. The summed E-state index contributed by atoms with van der Waals surface area (Å²) in [6.07, 6.45) is 0. The Bertz CT molecular complexity index is 649. The van der Waals surface area contributed by atoms with Gasteiger partial charge in [-0.25, -0.2) is 0 Å². The van der Waals surface area contributed by atoms with Crippen molar-refractivity contribution in [3.63, 3.8) is 0 Å². The largest absolute Gasteiger partial charge is 0.321 e. The fraction of sp³-hybridized carbons (Fsp3) is 0. The van der Waals surface area contributed by atoms with Crippen LogP contribution >= 0.6 is 66.1 Å². The summed E-state index contributed by atoms with van der Waals surface area (Å²) in [5.41, 5.74) is 1.16. The molecule has 0 bridgehead atoms. The van der Waals surface area contributed by atoms with E-state index in [-0.39, 0.29) is 5.91 Å². The SMILES string of the molecule is O=C(Nc1cc(I)ccc1Cl)c1ccc(Br)cc1Br. The third-order valence-electron chi connectivity index (χ3n) is 2.35. The van der Waals surface area contributed by atoms with Crippen LogP contribution in [-0.2, 0) is 0 Å². The summed E-state index contributed by atoms with van der Waals surface area (Å²) in [7, 11) is 0. The Morgan fingerprint density at radius 3 is 2.58 bits per heavy atom. The average molecular weight is 515 g/mol. The van der Waals surface area contributed by atoms with Crippen molar-refractivity contribution in [1.82, 2.24) is 0 Å². The number of hydrogen-bond donors (Lipinski definition) is 1. The zero-order chi connectivity index (χ0) is 14.0. The molecule has 6 heteroatoms. The normalized spacial score (nSPS) is 10.3. The van der Waals surface area contributed by atoms with Gasteiger partial charge in [0.1, 0.15) is 0 Å². The molecule has 2 aromatic carbocycles. The van der Waals surface area contributed by atoms with Crippen LogP contribution in [0.5, 0.6) is 0 Å². The van der Waals surface area contributed by atoms with Crippen LogP contribution in [-0.4, -0.2) is 5.91 Å².